The predicted octanol–water partition coefficient (Wildman–Crippen LogP) is 6.76. The lowest BCUT2D eigenvalue weighted by molar-refractivity contribution is 0.357. The molecule has 1 N–H and O–H groups in total. The van der Waals surface area contributed by atoms with Gasteiger partial charge < -0.3 is 15.1 Å². The number of aryl methyl sites for hydroxylation is 1. The second kappa shape index (κ2) is 9.24. The van der Waals surface area contributed by atoms with Crippen LogP contribution >= 0.6 is 35.2 Å². The molecule has 0 saturated carbocycles. The van der Waals surface area contributed by atoms with E-state index >= 15 is 0 Å². The third kappa shape index (κ3) is 4.36. The summed E-state index contributed by atoms with van der Waals surface area (Å²) in [7, 11) is 0. The van der Waals surface area contributed by atoms with Gasteiger partial charge in [-0.05, 0) is 84.7 Å². The predicted molar refractivity (Wildman–Crippen MR) is 144 cm³/mol. The SMILES string of the molecule is Cc1ccsc1C1C(c2ccccn2)NC(=S)N1c1ccc(N2CC(C)CC(C)C2)c(Cl)c1. The molecule has 0 bridgehead atoms. The monoisotopic (exact) mass is 496 g/mol. The third-order valence-electron chi connectivity index (χ3n) is 6.69. The van der Waals surface area contributed by atoms with Crippen LogP contribution in [0.5, 0.6) is 0 Å². The van der Waals surface area contributed by atoms with Crippen molar-refractivity contribution in [2.24, 2.45) is 11.8 Å². The Labute approximate surface area is 210 Å². The van der Waals surface area contributed by atoms with Crippen molar-refractivity contribution in [3.8, 4) is 0 Å². The average Bonchev–Trinajstić information content (AvgIpc) is 3.35. The molecule has 0 radical (unpaired) electrons. The molecule has 2 fully saturated rings. The molecule has 33 heavy (non-hydrogen) atoms. The normalized spacial score (nSPS) is 25.4. The van der Waals surface area contributed by atoms with Gasteiger partial charge in [-0.1, -0.05) is 31.5 Å². The molecule has 7 heteroatoms. The van der Waals surface area contributed by atoms with Crippen molar-refractivity contribution in [1.29, 1.82) is 0 Å². The zero-order chi connectivity index (χ0) is 23.1. The first-order valence-corrected chi connectivity index (χ1v) is 13.2. The Bertz CT molecular complexity index is 1140. The number of hydrogen-bond acceptors (Lipinski definition) is 4. The number of aromatic nitrogens is 1. The summed E-state index contributed by atoms with van der Waals surface area (Å²) in [5, 5.41) is 7.17. The summed E-state index contributed by atoms with van der Waals surface area (Å²) in [4.78, 5) is 10.6. The van der Waals surface area contributed by atoms with Gasteiger partial charge in [0, 0.05) is 29.9 Å². The molecule has 0 amide bonds. The van der Waals surface area contributed by atoms with Crippen LogP contribution < -0.4 is 15.1 Å². The van der Waals surface area contributed by atoms with E-state index in [9.17, 15) is 0 Å². The average molecular weight is 497 g/mol. The van der Waals surface area contributed by atoms with Crippen molar-refractivity contribution >= 4 is 51.6 Å². The van der Waals surface area contributed by atoms with E-state index in [2.05, 4.69) is 76.6 Å². The van der Waals surface area contributed by atoms with Crippen LogP contribution in [0.15, 0.2) is 54.0 Å². The number of halogens is 1. The topological polar surface area (TPSA) is 31.4 Å². The lowest BCUT2D eigenvalue weighted by Crippen LogP contribution is -2.38. The molecular formula is C26H29ClN4S2. The molecule has 172 valence electrons. The Kier molecular flexibility index (Phi) is 6.34. The van der Waals surface area contributed by atoms with Gasteiger partial charge in [-0.25, -0.2) is 0 Å². The van der Waals surface area contributed by atoms with Crippen LogP contribution in [-0.4, -0.2) is 23.2 Å². The molecule has 2 aliphatic heterocycles. The highest BCUT2D eigenvalue weighted by molar-refractivity contribution is 7.80. The van der Waals surface area contributed by atoms with Crippen molar-refractivity contribution in [3.63, 3.8) is 0 Å². The fraction of sp³-hybridized carbons (Fsp3) is 0.385. The number of thiophene rings is 1. The summed E-state index contributed by atoms with van der Waals surface area (Å²) in [6.07, 6.45) is 3.12. The number of pyridine rings is 1. The number of piperidine rings is 1. The van der Waals surface area contributed by atoms with Gasteiger partial charge in [0.25, 0.3) is 0 Å². The molecule has 2 aliphatic rings. The van der Waals surface area contributed by atoms with Crippen molar-refractivity contribution in [2.45, 2.75) is 39.3 Å². The Morgan fingerprint density at radius 2 is 1.91 bits per heavy atom. The molecule has 2 aromatic heterocycles. The van der Waals surface area contributed by atoms with Gasteiger partial charge in [0.1, 0.15) is 0 Å². The second-order valence-electron chi connectivity index (χ2n) is 9.45. The quantitative estimate of drug-likeness (QED) is 0.403. The Hall–Kier alpha value is -2.15. The Morgan fingerprint density at radius 1 is 1.12 bits per heavy atom. The number of thiocarbonyl (C=S) groups is 1. The summed E-state index contributed by atoms with van der Waals surface area (Å²) in [5.41, 5.74) is 4.37. The third-order valence-corrected chi connectivity index (χ3v) is 8.39. The molecule has 0 spiro atoms. The minimum absolute atomic E-state index is 0.0179. The molecule has 3 aromatic rings. The first-order chi connectivity index (χ1) is 15.9. The summed E-state index contributed by atoms with van der Waals surface area (Å²) in [5.74, 6) is 1.34. The number of nitrogens with zero attached hydrogens (tertiary/aromatic N) is 3. The maximum Gasteiger partial charge on any atom is 0.174 e. The van der Waals surface area contributed by atoms with Crippen LogP contribution in [0.4, 0.5) is 11.4 Å². The van der Waals surface area contributed by atoms with Crippen LogP contribution in [0, 0.1) is 18.8 Å². The summed E-state index contributed by atoms with van der Waals surface area (Å²) < 4.78 is 0. The van der Waals surface area contributed by atoms with E-state index in [4.69, 9.17) is 23.8 Å². The fourth-order valence-corrected chi connectivity index (χ4v) is 7.04. The zero-order valence-corrected chi connectivity index (χ0v) is 21.6. The van der Waals surface area contributed by atoms with E-state index in [1.54, 1.807) is 11.3 Å². The zero-order valence-electron chi connectivity index (χ0n) is 19.2. The lowest BCUT2D eigenvalue weighted by atomic mass is 9.91. The van der Waals surface area contributed by atoms with Crippen LogP contribution in [0.25, 0.3) is 0 Å². The first-order valence-electron chi connectivity index (χ1n) is 11.5. The molecule has 4 nitrogen and oxygen atoms in total. The molecule has 0 aliphatic carbocycles. The minimum atomic E-state index is -0.0294. The standard InChI is InChI=1S/C26H29ClN4S2/c1-16-12-17(2)15-30(14-16)22-8-7-19(13-20(22)27)31-24(25-18(3)9-11-33-25)23(29-26(31)32)21-6-4-5-10-28-21/h4-11,13,16-17,23-24H,12,14-15H2,1-3H3,(H,29,32). The van der Waals surface area contributed by atoms with Crippen LogP contribution in [0.3, 0.4) is 0 Å². The molecular weight excluding hydrogens is 468 g/mol. The highest BCUT2D eigenvalue weighted by Crippen LogP contribution is 2.45. The smallest absolute Gasteiger partial charge is 0.174 e. The molecule has 4 unspecified atom stereocenters. The number of anilines is 2. The highest BCUT2D eigenvalue weighted by atomic mass is 35.5. The Balaban J connectivity index is 1.52. The highest BCUT2D eigenvalue weighted by Gasteiger charge is 2.42. The van der Waals surface area contributed by atoms with Crippen molar-refractivity contribution < 1.29 is 0 Å². The van der Waals surface area contributed by atoms with Crippen molar-refractivity contribution in [1.82, 2.24) is 10.3 Å². The summed E-state index contributed by atoms with van der Waals surface area (Å²) in [6, 6.07) is 14.6. The molecule has 2 saturated heterocycles. The largest absolute Gasteiger partial charge is 0.370 e. The lowest BCUT2D eigenvalue weighted by Gasteiger charge is -2.37. The number of benzene rings is 1. The van der Waals surface area contributed by atoms with Crippen LogP contribution in [0.2, 0.25) is 5.02 Å². The van der Waals surface area contributed by atoms with Crippen LogP contribution in [0.1, 0.15) is 48.5 Å². The van der Waals surface area contributed by atoms with Crippen molar-refractivity contribution in [3.05, 3.63) is 75.2 Å². The van der Waals surface area contributed by atoms with Gasteiger partial charge in [0.05, 0.1) is 28.5 Å². The van der Waals surface area contributed by atoms with Gasteiger partial charge in [0.2, 0.25) is 0 Å². The maximum absolute atomic E-state index is 6.90. The molecule has 4 atom stereocenters. The van der Waals surface area contributed by atoms with Gasteiger partial charge in [-0.3, -0.25) is 4.98 Å². The van der Waals surface area contributed by atoms with E-state index in [1.807, 2.05) is 18.3 Å². The van der Waals surface area contributed by atoms with Gasteiger partial charge >= 0.3 is 0 Å². The van der Waals surface area contributed by atoms with Gasteiger partial charge in [0.15, 0.2) is 5.11 Å². The van der Waals surface area contributed by atoms with E-state index in [1.165, 1.54) is 16.9 Å². The van der Waals surface area contributed by atoms with Gasteiger partial charge in [-0.2, -0.15) is 0 Å². The number of nitrogens with one attached hydrogen (secondary N) is 1. The van der Waals surface area contributed by atoms with E-state index in [0.29, 0.717) is 16.9 Å². The van der Waals surface area contributed by atoms with E-state index < -0.39 is 0 Å². The second-order valence-corrected chi connectivity index (χ2v) is 11.2. The number of hydrogen-bond donors (Lipinski definition) is 1. The first kappa shape index (κ1) is 22.6. The van der Waals surface area contributed by atoms with Crippen molar-refractivity contribution in [2.75, 3.05) is 22.9 Å². The minimum Gasteiger partial charge on any atom is -0.370 e. The van der Waals surface area contributed by atoms with E-state index in [-0.39, 0.29) is 12.1 Å². The molecule has 5 rings (SSSR count). The van der Waals surface area contributed by atoms with Gasteiger partial charge in [-0.15, -0.1) is 11.3 Å². The summed E-state index contributed by atoms with van der Waals surface area (Å²) >= 11 is 14.5. The number of rotatable bonds is 4. The van der Waals surface area contributed by atoms with Crippen LogP contribution in [-0.2, 0) is 0 Å². The summed E-state index contributed by atoms with van der Waals surface area (Å²) in [6.45, 7) is 8.91. The fourth-order valence-electron chi connectivity index (χ4n) is 5.35. The van der Waals surface area contributed by atoms with E-state index in [0.717, 1.165) is 35.2 Å². The maximum atomic E-state index is 6.90. The Morgan fingerprint density at radius 3 is 2.55 bits per heavy atom. The molecule has 4 heterocycles. The molecule has 1 aromatic carbocycles.